The van der Waals surface area contributed by atoms with E-state index in [0.29, 0.717) is 0 Å². The second-order valence-electron chi connectivity index (χ2n) is 20.5. The standard InChI is InChI=1S/C17H19N2.C13H15N2.C12H14NO.C9H14N.2C8H12N.6HI/c1-10-8-18-16-14(12(10)3)6-7-15-13(4)11(2)9-19(5)17(15)16;1-10-4-6-14-12(8-10)13-9-11(2)5-7-15(13)3;1-9-4-5-10-8-11(14-3)6-7-12(10)13(9)2;1-7-5-8(2)10(4)9(3)6-7;1-7-4-5-9(3)8(2)6-7;1-7-5-4-6-8(2)9(7)3;;;;;;/h6-9H,1-5H3;4-9H,1-3H3;4-8H,1-3H3;5-6H,1-4H3;2*4-6H,1-3H3;6*1H/q6*+1;;;;;;/p-6. The third-order valence-electron chi connectivity index (χ3n) is 14.6. The lowest BCUT2D eigenvalue weighted by Crippen LogP contribution is -3.00. The lowest BCUT2D eigenvalue weighted by atomic mass is 10.00. The van der Waals surface area contributed by atoms with Crippen LogP contribution in [0.2, 0.25) is 0 Å². The molecule has 15 heteroatoms. The number of methoxy groups -OCH3 is 1. The first-order chi connectivity index (χ1) is 35.9. The zero-order chi connectivity index (χ0) is 56.1. The van der Waals surface area contributed by atoms with E-state index < -0.39 is 0 Å². The molecular weight excluding hydrogens is 1690 g/mol. The highest BCUT2D eigenvalue weighted by Gasteiger charge is 2.17. The molecule has 10 aromatic rings. The molecule has 0 unspecified atom stereocenters. The summed E-state index contributed by atoms with van der Waals surface area (Å²) in [4.78, 5) is 9.07. The molecule has 0 bridgehead atoms. The van der Waals surface area contributed by atoms with Crippen LogP contribution in [0.4, 0.5) is 0 Å². The van der Waals surface area contributed by atoms with Crippen LogP contribution >= 0.6 is 0 Å². The maximum Gasteiger partial charge on any atom is 0.239 e. The minimum atomic E-state index is 0. The average Bonchev–Trinajstić information content (AvgIpc) is 3.39. The molecular formula is C67H86I6N8O. The zero-order valence-electron chi connectivity index (χ0n) is 52.0. The topological polar surface area (TPSA) is 58.3 Å². The SMILES string of the molecule is COc1ccc2c(ccc(C)[n+]2C)c1.Cc1cc(C)[n+](C)c(C)c1.Cc1cc[n+](C)c(C)c1.Cc1cccc(C)[n+]1C.Cc1ccnc(-c2cc(C)cc[n+]2C)c1.Cc1cnc2c(ccc3c(C)c(C)c[n+](C)c32)c1C.[I-].[I-].[I-].[I-].[I-].[I-]. The molecule has 0 saturated heterocycles. The molecule has 0 fully saturated rings. The maximum absolute atomic E-state index is 5.18. The molecule has 0 aliphatic carbocycles. The Hall–Kier alpha value is -3.40. The van der Waals surface area contributed by atoms with Crippen LogP contribution in [-0.4, -0.2) is 17.1 Å². The van der Waals surface area contributed by atoms with Crippen molar-refractivity contribution in [1.82, 2.24) is 9.97 Å². The predicted octanol–water partition coefficient (Wildman–Crippen LogP) is -6.67. The molecule has 0 N–H and O–H groups in total. The average molecular weight is 1780 g/mol. The number of benzene rings is 2. The molecule has 8 heterocycles. The molecule has 10 rings (SSSR count). The van der Waals surface area contributed by atoms with Crippen LogP contribution < -0.4 is 176 Å². The molecule has 0 amide bonds. The molecule has 0 atom stereocenters. The molecule has 442 valence electrons. The van der Waals surface area contributed by atoms with Crippen LogP contribution in [0.25, 0.3) is 44.1 Å². The number of aryl methyl sites for hydroxylation is 18. The number of halogens is 6. The van der Waals surface area contributed by atoms with Crippen molar-refractivity contribution in [3.8, 4) is 17.1 Å². The van der Waals surface area contributed by atoms with Gasteiger partial charge in [-0.05, 0) is 137 Å². The van der Waals surface area contributed by atoms with Gasteiger partial charge in [-0.2, -0.15) is 13.7 Å². The Bertz CT molecular complexity index is 3640. The Kier molecular flexibility index (Phi) is 37.3. The highest BCUT2D eigenvalue weighted by Crippen LogP contribution is 2.28. The number of nitrogens with zero attached hydrogens (tertiary/aromatic N) is 8. The van der Waals surface area contributed by atoms with Crippen molar-refractivity contribution in [2.75, 3.05) is 7.11 Å². The lowest BCUT2D eigenvalue weighted by Gasteiger charge is -2.09. The van der Waals surface area contributed by atoms with E-state index in [9.17, 15) is 0 Å². The van der Waals surface area contributed by atoms with Gasteiger partial charge in [0.25, 0.3) is 0 Å². The summed E-state index contributed by atoms with van der Waals surface area (Å²) in [5.41, 5.74) is 23.9. The summed E-state index contributed by atoms with van der Waals surface area (Å²) in [6, 6.07) is 38.1. The molecule has 0 aliphatic heterocycles. The van der Waals surface area contributed by atoms with E-state index in [0.717, 1.165) is 22.7 Å². The Morgan fingerprint density at radius 1 is 0.402 bits per heavy atom. The van der Waals surface area contributed by atoms with Crippen LogP contribution in [0.3, 0.4) is 0 Å². The highest BCUT2D eigenvalue weighted by atomic mass is 127. The van der Waals surface area contributed by atoms with E-state index in [1.165, 1.54) is 106 Å². The number of fused-ring (bicyclic) bond motifs is 4. The third kappa shape index (κ3) is 22.1. The fraction of sp³-hybridized carbons (Fsp3) is 0.313. The number of ether oxygens (including phenoxy) is 1. The first-order valence-corrected chi connectivity index (χ1v) is 26.2. The van der Waals surface area contributed by atoms with Crippen molar-refractivity contribution in [2.45, 2.75) is 96.9 Å². The fourth-order valence-electron chi connectivity index (χ4n) is 8.85. The largest absolute Gasteiger partial charge is 1.00 e. The number of hydrogen-bond donors (Lipinski definition) is 0. The summed E-state index contributed by atoms with van der Waals surface area (Å²) < 4.78 is 18.1. The Balaban J connectivity index is 0. The number of rotatable bonds is 2. The first-order valence-electron chi connectivity index (χ1n) is 26.2. The summed E-state index contributed by atoms with van der Waals surface area (Å²) in [7, 11) is 14.1. The van der Waals surface area contributed by atoms with Crippen molar-refractivity contribution >= 4 is 32.7 Å². The minimum absolute atomic E-state index is 0. The minimum Gasteiger partial charge on any atom is -1.00 e. The van der Waals surface area contributed by atoms with Gasteiger partial charge in [-0.1, -0.05) is 6.07 Å². The Labute approximate surface area is 594 Å². The number of hydrogen-bond acceptors (Lipinski definition) is 3. The molecule has 9 nitrogen and oxygen atoms in total. The quantitative estimate of drug-likeness (QED) is 0.0986. The lowest BCUT2D eigenvalue weighted by molar-refractivity contribution is -0.684. The van der Waals surface area contributed by atoms with Gasteiger partial charge < -0.3 is 149 Å². The molecule has 0 aliphatic rings. The van der Waals surface area contributed by atoms with Crippen LogP contribution in [0.15, 0.2) is 140 Å². The van der Waals surface area contributed by atoms with Gasteiger partial charge in [0.05, 0.1) is 17.9 Å². The third-order valence-corrected chi connectivity index (χ3v) is 14.6. The first kappa shape index (κ1) is 80.7. The summed E-state index contributed by atoms with van der Waals surface area (Å²) in [5.74, 6) is 0.904. The fourth-order valence-corrected chi connectivity index (χ4v) is 8.85. The van der Waals surface area contributed by atoms with E-state index >= 15 is 0 Å². The van der Waals surface area contributed by atoms with E-state index in [-0.39, 0.29) is 144 Å². The monoisotopic (exact) mass is 1780 g/mol. The number of pyridine rings is 8. The van der Waals surface area contributed by atoms with Gasteiger partial charge >= 0.3 is 0 Å². The summed E-state index contributed by atoms with van der Waals surface area (Å²) in [6.07, 6.45) is 10.2. The van der Waals surface area contributed by atoms with Crippen LogP contribution in [-0.2, 0) is 42.3 Å². The van der Waals surface area contributed by atoms with Gasteiger partial charge in [-0.3, -0.25) is 0 Å². The Morgan fingerprint density at radius 3 is 1.46 bits per heavy atom. The van der Waals surface area contributed by atoms with Crippen LogP contribution in [0.1, 0.15) is 78.7 Å². The predicted molar refractivity (Wildman–Crippen MR) is 312 cm³/mol. The van der Waals surface area contributed by atoms with Crippen molar-refractivity contribution in [1.29, 1.82) is 0 Å². The van der Waals surface area contributed by atoms with E-state index in [2.05, 4.69) is 285 Å². The van der Waals surface area contributed by atoms with E-state index in [4.69, 9.17) is 4.74 Å². The van der Waals surface area contributed by atoms with Crippen molar-refractivity contribution in [3.05, 3.63) is 219 Å². The molecule has 2 aromatic carbocycles. The summed E-state index contributed by atoms with van der Waals surface area (Å²) in [5, 5.41) is 3.76. The smallest absolute Gasteiger partial charge is 0.239 e. The van der Waals surface area contributed by atoms with E-state index in [1.54, 1.807) is 7.11 Å². The van der Waals surface area contributed by atoms with Crippen LogP contribution in [0, 0.1) is 96.9 Å². The van der Waals surface area contributed by atoms with Gasteiger partial charge in [0.1, 0.15) is 59.2 Å². The van der Waals surface area contributed by atoms with Crippen molar-refractivity contribution < 1.29 is 176 Å². The molecule has 82 heavy (non-hydrogen) atoms. The van der Waals surface area contributed by atoms with Gasteiger partial charge in [0.15, 0.2) is 52.8 Å². The van der Waals surface area contributed by atoms with Gasteiger partial charge in [0.2, 0.25) is 16.7 Å². The second-order valence-corrected chi connectivity index (χ2v) is 20.5. The second kappa shape index (κ2) is 37.9. The summed E-state index contributed by atoms with van der Waals surface area (Å²) in [6.45, 7) is 29.7. The maximum atomic E-state index is 5.18. The molecule has 8 aromatic heterocycles. The van der Waals surface area contributed by atoms with Gasteiger partial charge in [0, 0.05) is 126 Å². The molecule has 0 saturated carbocycles. The van der Waals surface area contributed by atoms with Gasteiger partial charge in [-0.25, -0.2) is 23.7 Å². The highest BCUT2D eigenvalue weighted by molar-refractivity contribution is 6.03. The number of aromatic nitrogens is 8. The van der Waals surface area contributed by atoms with Crippen molar-refractivity contribution in [2.24, 2.45) is 42.3 Å². The van der Waals surface area contributed by atoms with Crippen LogP contribution in [0.5, 0.6) is 5.75 Å². The Morgan fingerprint density at radius 2 is 0.915 bits per heavy atom. The molecule has 0 spiro atoms. The van der Waals surface area contributed by atoms with Crippen molar-refractivity contribution in [3.63, 3.8) is 0 Å². The van der Waals surface area contributed by atoms with E-state index in [1.807, 2.05) is 31.6 Å². The molecule has 0 radical (unpaired) electrons. The normalized spacial score (nSPS) is 9.67. The summed E-state index contributed by atoms with van der Waals surface area (Å²) >= 11 is 0. The van der Waals surface area contributed by atoms with Gasteiger partial charge in [-0.15, -0.1) is 0 Å². The zero-order valence-corrected chi connectivity index (χ0v) is 65.0.